The Balaban J connectivity index is 1.69. The van der Waals surface area contributed by atoms with E-state index in [0.29, 0.717) is 37.3 Å². The maximum atomic E-state index is 12.9. The van der Waals surface area contributed by atoms with E-state index >= 15 is 0 Å². The molecule has 1 aliphatic heterocycles. The summed E-state index contributed by atoms with van der Waals surface area (Å²) in [5.74, 6) is -2.68. The van der Waals surface area contributed by atoms with Crippen LogP contribution in [0.5, 0.6) is 17.2 Å². The highest BCUT2D eigenvalue weighted by molar-refractivity contribution is 5.97. The van der Waals surface area contributed by atoms with Gasteiger partial charge in [-0.25, -0.2) is 0 Å². The van der Waals surface area contributed by atoms with Gasteiger partial charge in [-0.15, -0.1) is 0 Å². The number of carbonyl (C=O) groups excluding carboxylic acids is 3. The summed E-state index contributed by atoms with van der Waals surface area (Å²) >= 11 is 0. The van der Waals surface area contributed by atoms with Crippen molar-refractivity contribution in [3.8, 4) is 17.2 Å². The number of carbonyl (C=O) groups is 3. The number of nitrogens with zero attached hydrogens (tertiary/aromatic N) is 2. The van der Waals surface area contributed by atoms with Crippen LogP contribution in [0.4, 0.5) is 5.69 Å². The standard InChI is InChI=1S/C21H23N3O6/c1-13(25)22-16-5-2-4-14(10-16)20(29)23-6-3-7-24(9-8-23)21(30)15-11-17(26)19(28)18(27)12-15/h2,4-5,10-12,26-28H,3,6-9H2,1H3,(H,22,25). The predicted octanol–water partition coefficient (Wildman–Crippen LogP) is 1.75. The minimum Gasteiger partial charge on any atom is -0.504 e. The Morgan fingerprint density at radius 3 is 1.97 bits per heavy atom. The number of amides is 3. The molecule has 3 rings (SSSR count). The topological polar surface area (TPSA) is 130 Å². The molecule has 0 unspecified atom stereocenters. The number of benzene rings is 2. The molecule has 4 N–H and O–H groups in total. The van der Waals surface area contributed by atoms with Gasteiger partial charge < -0.3 is 30.4 Å². The molecule has 9 nitrogen and oxygen atoms in total. The molecule has 1 aliphatic rings. The third-order valence-electron chi connectivity index (χ3n) is 4.82. The molecule has 2 aromatic rings. The van der Waals surface area contributed by atoms with Crippen LogP contribution >= 0.6 is 0 Å². The van der Waals surface area contributed by atoms with E-state index in [1.807, 2.05) is 0 Å². The molecule has 3 amide bonds. The summed E-state index contributed by atoms with van der Waals surface area (Å²) in [5, 5.41) is 31.4. The first-order valence-electron chi connectivity index (χ1n) is 9.47. The van der Waals surface area contributed by atoms with Crippen LogP contribution in [0.2, 0.25) is 0 Å². The van der Waals surface area contributed by atoms with Gasteiger partial charge in [0.2, 0.25) is 5.91 Å². The highest BCUT2D eigenvalue weighted by Gasteiger charge is 2.25. The molecule has 30 heavy (non-hydrogen) atoms. The van der Waals surface area contributed by atoms with E-state index < -0.39 is 23.2 Å². The van der Waals surface area contributed by atoms with E-state index in [-0.39, 0.29) is 23.9 Å². The molecule has 158 valence electrons. The van der Waals surface area contributed by atoms with E-state index in [0.717, 1.165) is 12.1 Å². The summed E-state index contributed by atoms with van der Waals surface area (Å²) in [6.07, 6.45) is 0.554. The number of phenolic OH excluding ortho intramolecular Hbond substituents is 3. The van der Waals surface area contributed by atoms with Crippen molar-refractivity contribution in [3.63, 3.8) is 0 Å². The first kappa shape index (κ1) is 21.0. The molecule has 2 aromatic carbocycles. The second-order valence-electron chi connectivity index (χ2n) is 7.06. The Morgan fingerprint density at radius 2 is 1.40 bits per heavy atom. The van der Waals surface area contributed by atoms with Crippen LogP contribution in [0.15, 0.2) is 36.4 Å². The van der Waals surface area contributed by atoms with Gasteiger partial charge in [0.15, 0.2) is 17.2 Å². The van der Waals surface area contributed by atoms with Crippen LogP contribution in [-0.2, 0) is 4.79 Å². The zero-order chi connectivity index (χ0) is 21.8. The summed E-state index contributed by atoms with van der Waals surface area (Å²) in [7, 11) is 0. The van der Waals surface area contributed by atoms with E-state index in [9.17, 15) is 29.7 Å². The minimum atomic E-state index is -0.680. The third kappa shape index (κ3) is 4.62. The quantitative estimate of drug-likeness (QED) is 0.567. The zero-order valence-corrected chi connectivity index (χ0v) is 16.5. The maximum Gasteiger partial charge on any atom is 0.254 e. The van der Waals surface area contributed by atoms with Crippen molar-refractivity contribution in [2.45, 2.75) is 13.3 Å². The fraction of sp³-hybridized carbons (Fsp3) is 0.286. The average molecular weight is 413 g/mol. The molecule has 1 saturated heterocycles. The number of nitrogens with one attached hydrogen (secondary N) is 1. The van der Waals surface area contributed by atoms with Crippen LogP contribution in [0.3, 0.4) is 0 Å². The lowest BCUT2D eigenvalue weighted by molar-refractivity contribution is -0.114. The largest absolute Gasteiger partial charge is 0.504 e. The van der Waals surface area contributed by atoms with Crippen molar-refractivity contribution >= 4 is 23.4 Å². The van der Waals surface area contributed by atoms with Crippen LogP contribution < -0.4 is 5.32 Å². The minimum absolute atomic E-state index is 0.0468. The molecule has 0 aliphatic carbocycles. The van der Waals surface area contributed by atoms with Crippen molar-refractivity contribution in [3.05, 3.63) is 47.5 Å². The highest BCUT2D eigenvalue weighted by Crippen LogP contribution is 2.35. The SMILES string of the molecule is CC(=O)Nc1cccc(C(=O)N2CCCN(C(=O)c3cc(O)c(O)c(O)c3)CC2)c1. The van der Waals surface area contributed by atoms with Gasteiger partial charge in [-0.05, 0) is 36.8 Å². The van der Waals surface area contributed by atoms with Gasteiger partial charge in [0.1, 0.15) is 0 Å². The number of rotatable bonds is 3. The Kier molecular flexibility index (Phi) is 6.10. The molecule has 0 saturated carbocycles. The van der Waals surface area contributed by atoms with Crippen molar-refractivity contribution in [2.24, 2.45) is 0 Å². The van der Waals surface area contributed by atoms with Gasteiger partial charge in [0.25, 0.3) is 11.8 Å². The number of aromatic hydroxyl groups is 3. The number of hydrogen-bond acceptors (Lipinski definition) is 6. The second-order valence-corrected chi connectivity index (χ2v) is 7.06. The summed E-state index contributed by atoms with van der Waals surface area (Å²) in [4.78, 5) is 40.0. The lowest BCUT2D eigenvalue weighted by Crippen LogP contribution is -2.37. The summed E-state index contributed by atoms with van der Waals surface area (Å²) < 4.78 is 0. The molecule has 0 bridgehead atoms. The monoisotopic (exact) mass is 413 g/mol. The highest BCUT2D eigenvalue weighted by atomic mass is 16.3. The van der Waals surface area contributed by atoms with Crippen molar-refractivity contribution in [1.82, 2.24) is 9.80 Å². The molecule has 0 atom stereocenters. The zero-order valence-electron chi connectivity index (χ0n) is 16.5. The predicted molar refractivity (Wildman–Crippen MR) is 109 cm³/mol. The smallest absolute Gasteiger partial charge is 0.254 e. The lowest BCUT2D eigenvalue weighted by Gasteiger charge is -2.22. The van der Waals surface area contributed by atoms with E-state index in [4.69, 9.17) is 0 Å². The van der Waals surface area contributed by atoms with Gasteiger partial charge in [-0.1, -0.05) is 6.07 Å². The van der Waals surface area contributed by atoms with Gasteiger partial charge in [0, 0.05) is 49.9 Å². The molecule has 1 heterocycles. The lowest BCUT2D eigenvalue weighted by atomic mass is 10.1. The fourth-order valence-corrected chi connectivity index (χ4v) is 3.35. The molecule has 9 heteroatoms. The molecule has 1 fully saturated rings. The Morgan fingerprint density at radius 1 is 0.833 bits per heavy atom. The van der Waals surface area contributed by atoms with Gasteiger partial charge in [-0.3, -0.25) is 14.4 Å². The normalized spacial score (nSPS) is 14.2. The number of phenols is 3. The Hall–Kier alpha value is -3.75. The molecular weight excluding hydrogens is 390 g/mol. The van der Waals surface area contributed by atoms with Crippen molar-refractivity contribution < 1.29 is 29.7 Å². The first-order valence-corrected chi connectivity index (χ1v) is 9.47. The molecular formula is C21H23N3O6. The van der Waals surface area contributed by atoms with E-state index in [2.05, 4.69) is 5.32 Å². The van der Waals surface area contributed by atoms with Crippen LogP contribution in [0.25, 0.3) is 0 Å². The van der Waals surface area contributed by atoms with Crippen molar-refractivity contribution in [1.29, 1.82) is 0 Å². The fourth-order valence-electron chi connectivity index (χ4n) is 3.35. The Bertz CT molecular complexity index is 967. The average Bonchev–Trinajstić information content (AvgIpc) is 2.96. The van der Waals surface area contributed by atoms with Gasteiger partial charge in [0.05, 0.1) is 0 Å². The van der Waals surface area contributed by atoms with Crippen LogP contribution in [0, 0.1) is 0 Å². The Labute approximate surface area is 173 Å². The maximum absolute atomic E-state index is 12.9. The summed E-state index contributed by atoms with van der Waals surface area (Å²) in [5.41, 5.74) is 1.02. The van der Waals surface area contributed by atoms with Crippen LogP contribution in [0.1, 0.15) is 34.1 Å². The second kappa shape index (κ2) is 8.73. The summed E-state index contributed by atoms with van der Waals surface area (Å²) in [6, 6.07) is 8.86. The first-order chi connectivity index (χ1) is 14.3. The van der Waals surface area contributed by atoms with E-state index in [1.165, 1.54) is 11.8 Å². The molecule has 0 spiro atoms. The third-order valence-corrected chi connectivity index (χ3v) is 4.82. The van der Waals surface area contributed by atoms with Gasteiger partial charge >= 0.3 is 0 Å². The number of anilines is 1. The summed E-state index contributed by atoms with van der Waals surface area (Å²) in [6.45, 7) is 2.84. The van der Waals surface area contributed by atoms with Crippen LogP contribution in [-0.4, -0.2) is 69.0 Å². The van der Waals surface area contributed by atoms with Crippen molar-refractivity contribution in [2.75, 3.05) is 31.5 Å². The van der Waals surface area contributed by atoms with Gasteiger partial charge in [-0.2, -0.15) is 0 Å². The number of hydrogen-bond donors (Lipinski definition) is 4. The molecule has 0 radical (unpaired) electrons. The molecule has 0 aromatic heterocycles. The van der Waals surface area contributed by atoms with E-state index in [1.54, 1.807) is 29.2 Å².